The van der Waals surface area contributed by atoms with Gasteiger partial charge in [-0.3, -0.25) is 0 Å². The quantitative estimate of drug-likeness (QED) is 0.848. The van der Waals surface area contributed by atoms with E-state index in [0.717, 1.165) is 28.1 Å². The molecule has 0 fully saturated rings. The molecule has 1 aromatic rings. The van der Waals surface area contributed by atoms with Crippen LogP contribution in [-0.2, 0) is 6.54 Å². The van der Waals surface area contributed by atoms with Gasteiger partial charge >= 0.3 is 0 Å². The molecular formula is C12H14BrClN2. The highest BCUT2D eigenvalue weighted by atomic mass is 79.9. The number of hydrogen-bond acceptors (Lipinski definition) is 2. The summed E-state index contributed by atoms with van der Waals surface area (Å²) in [5.74, 6) is 0.0409. The number of hydrogen-bond donors (Lipinski definition) is 0. The van der Waals surface area contributed by atoms with Crippen molar-refractivity contribution in [3.05, 3.63) is 33.3 Å². The molecule has 0 spiro atoms. The molecule has 0 aliphatic rings. The average Bonchev–Trinajstić information content (AvgIpc) is 2.22. The molecule has 0 amide bonds. The van der Waals surface area contributed by atoms with Crippen molar-refractivity contribution < 1.29 is 0 Å². The Morgan fingerprint density at radius 3 is 2.81 bits per heavy atom. The predicted molar refractivity (Wildman–Crippen MR) is 70.3 cm³/mol. The Balaban J connectivity index is 2.63. The topological polar surface area (TPSA) is 27.0 Å². The van der Waals surface area contributed by atoms with Crippen molar-refractivity contribution in [2.45, 2.75) is 13.5 Å². The monoisotopic (exact) mass is 300 g/mol. The summed E-state index contributed by atoms with van der Waals surface area (Å²) in [6.45, 7) is 3.43. The van der Waals surface area contributed by atoms with Crippen LogP contribution in [0.25, 0.3) is 0 Å². The van der Waals surface area contributed by atoms with Gasteiger partial charge in [0.15, 0.2) is 0 Å². The SMILES string of the molecule is CC(C#N)CN(C)Cc1ccc(Br)cc1Cl. The molecule has 0 N–H and O–H groups in total. The Morgan fingerprint density at radius 1 is 1.56 bits per heavy atom. The molecule has 0 aliphatic heterocycles. The Hall–Kier alpha value is -0.560. The first-order valence-electron chi connectivity index (χ1n) is 5.05. The van der Waals surface area contributed by atoms with E-state index in [1.807, 2.05) is 32.2 Å². The molecular weight excluding hydrogens is 288 g/mol. The van der Waals surface area contributed by atoms with Crippen molar-refractivity contribution in [2.24, 2.45) is 5.92 Å². The number of nitriles is 1. The highest BCUT2D eigenvalue weighted by Gasteiger charge is 2.08. The summed E-state index contributed by atoms with van der Waals surface area (Å²) in [7, 11) is 1.99. The van der Waals surface area contributed by atoms with Crippen molar-refractivity contribution in [1.82, 2.24) is 4.90 Å². The van der Waals surface area contributed by atoms with Crippen molar-refractivity contribution in [3.8, 4) is 6.07 Å². The Kier molecular flexibility index (Phi) is 5.27. The van der Waals surface area contributed by atoms with Crippen LogP contribution in [0.15, 0.2) is 22.7 Å². The first-order valence-corrected chi connectivity index (χ1v) is 6.22. The number of halogens is 2. The third-order valence-corrected chi connectivity index (χ3v) is 3.11. The van der Waals surface area contributed by atoms with Gasteiger partial charge in [0, 0.05) is 22.6 Å². The fourth-order valence-corrected chi connectivity index (χ4v) is 2.25. The summed E-state index contributed by atoms with van der Waals surface area (Å²) in [6.07, 6.45) is 0. The van der Waals surface area contributed by atoms with Crippen LogP contribution < -0.4 is 0 Å². The van der Waals surface area contributed by atoms with Crippen LogP contribution >= 0.6 is 27.5 Å². The maximum atomic E-state index is 8.73. The molecule has 2 nitrogen and oxygen atoms in total. The molecule has 1 rings (SSSR count). The van der Waals surface area contributed by atoms with Gasteiger partial charge in [-0.05, 0) is 31.7 Å². The fourth-order valence-electron chi connectivity index (χ4n) is 1.51. The van der Waals surface area contributed by atoms with Crippen LogP contribution in [0.3, 0.4) is 0 Å². The second-order valence-electron chi connectivity index (χ2n) is 3.96. The summed E-state index contributed by atoms with van der Waals surface area (Å²) < 4.78 is 0.981. The van der Waals surface area contributed by atoms with Crippen molar-refractivity contribution in [3.63, 3.8) is 0 Å². The zero-order chi connectivity index (χ0) is 12.1. The van der Waals surface area contributed by atoms with Crippen LogP contribution in [0.4, 0.5) is 0 Å². The lowest BCUT2D eigenvalue weighted by atomic mass is 10.1. The second kappa shape index (κ2) is 6.24. The zero-order valence-corrected chi connectivity index (χ0v) is 11.7. The lowest BCUT2D eigenvalue weighted by Gasteiger charge is -2.18. The molecule has 16 heavy (non-hydrogen) atoms. The van der Waals surface area contributed by atoms with Crippen LogP contribution in [0.5, 0.6) is 0 Å². The molecule has 0 radical (unpaired) electrons. The maximum Gasteiger partial charge on any atom is 0.0666 e. The fraction of sp³-hybridized carbons (Fsp3) is 0.417. The van der Waals surface area contributed by atoms with Gasteiger partial charge in [-0.25, -0.2) is 0 Å². The lowest BCUT2D eigenvalue weighted by Crippen LogP contribution is -2.23. The standard InChI is InChI=1S/C12H14BrClN2/c1-9(6-15)7-16(2)8-10-3-4-11(13)5-12(10)14/h3-5,9H,7-8H2,1-2H3. The van der Waals surface area contributed by atoms with Gasteiger partial charge in [-0.15, -0.1) is 0 Å². The third kappa shape index (κ3) is 4.13. The van der Waals surface area contributed by atoms with Crippen LogP contribution in [-0.4, -0.2) is 18.5 Å². The van der Waals surface area contributed by atoms with Gasteiger partial charge in [0.1, 0.15) is 0 Å². The van der Waals surface area contributed by atoms with Gasteiger partial charge in [0.25, 0.3) is 0 Å². The lowest BCUT2D eigenvalue weighted by molar-refractivity contribution is 0.303. The molecule has 86 valence electrons. The van der Waals surface area contributed by atoms with Gasteiger partial charge in [0.05, 0.1) is 12.0 Å². The Bertz CT molecular complexity index is 400. The Morgan fingerprint density at radius 2 is 2.25 bits per heavy atom. The predicted octanol–water partition coefficient (Wildman–Crippen LogP) is 3.69. The largest absolute Gasteiger partial charge is 0.301 e. The Labute approximate surface area is 110 Å². The van der Waals surface area contributed by atoms with E-state index in [1.54, 1.807) is 0 Å². The number of benzene rings is 1. The molecule has 1 atom stereocenters. The van der Waals surface area contributed by atoms with E-state index in [1.165, 1.54) is 0 Å². The highest BCUT2D eigenvalue weighted by Crippen LogP contribution is 2.22. The minimum Gasteiger partial charge on any atom is -0.301 e. The number of rotatable bonds is 4. The third-order valence-electron chi connectivity index (χ3n) is 2.26. The van der Waals surface area contributed by atoms with Crippen LogP contribution in [0, 0.1) is 17.2 Å². The molecule has 0 heterocycles. The van der Waals surface area contributed by atoms with Gasteiger partial charge in [-0.2, -0.15) is 5.26 Å². The van der Waals surface area contributed by atoms with Crippen LogP contribution in [0.1, 0.15) is 12.5 Å². The molecule has 0 saturated heterocycles. The van der Waals surface area contributed by atoms with Crippen molar-refractivity contribution in [2.75, 3.05) is 13.6 Å². The van der Waals surface area contributed by atoms with E-state index in [2.05, 4.69) is 26.9 Å². The number of nitrogens with zero attached hydrogens (tertiary/aromatic N) is 2. The van der Waals surface area contributed by atoms with Gasteiger partial charge in [-0.1, -0.05) is 33.6 Å². The summed E-state index contributed by atoms with van der Waals surface area (Å²) >= 11 is 9.50. The zero-order valence-electron chi connectivity index (χ0n) is 9.37. The summed E-state index contributed by atoms with van der Waals surface area (Å²) in [6, 6.07) is 8.09. The van der Waals surface area contributed by atoms with E-state index in [0.29, 0.717) is 0 Å². The molecule has 0 bridgehead atoms. The summed E-state index contributed by atoms with van der Waals surface area (Å²) in [5.41, 5.74) is 1.08. The van der Waals surface area contributed by atoms with Gasteiger partial charge < -0.3 is 4.90 Å². The molecule has 0 saturated carbocycles. The van der Waals surface area contributed by atoms with Crippen molar-refractivity contribution >= 4 is 27.5 Å². The van der Waals surface area contributed by atoms with E-state index < -0.39 is 0 Å². The molecule has 0 aliphatic carbocycles. The van der Waals surface area contributed by atoms with Crippen LogP contribution in [0.2, 0.25) is 5.02 Å². The minimum absolute atomic E-state index is 0.0409. The van der Waals surface area contributed by atoms with Crippen molar-refractivity contribution in [1.29, 1.82) is 5.26 Å². The van der Waals surface area contributed by atoms with E-state index in [9.17, 15) is 0 Å². The van der Waals surface area contributed by atoms with Gasteiger partial charge in [0.2, 0.25) is 0 Å². The van der Waals surface area contributed by atoms with E-state index in [-0.39, 0.29) is 5.92 Å². The second-order valence-corrected chi connectivity index (χ2v) is 5.29. The van der Waals surface area contributed by atoms with E-state index >= 15 is 0 Å². The highest BCUT2D eigenvalue weighted by molar-refractivity contribution is 9.10. The van der Waals surface area contributed by atoms with E-state index in [4.69, 9.17) is 16.9 Å². The first kappa shape index (κ1) is 13.5. The first-order chi connectivity index (χ1) is 7.52. The maximum absolute atomic E-state index is 8.73. The molecule has 1 aromatic carbocycles. The molecule has 0 aromatic heterocycles. The summed E-state index contributed by atoms with van der Waals surface area (Å²) in [5, 5.41) is 9.49. The molecule has 1 unspecified atom stereocenters. The molecule has 4 heteroatoms. The average molecular weight is 302 g/mol. The normalized spacial score (nSPS) is 12.5. The summed E-state index contributed by atoms with van der Waals surface area (Å²) in [4.78, 5) is 2.10. The smallest absolute Gasteiger partial charge is 0.0666 e. The minimum atomic E-state index is 0.0409.